The van der Waals surface area contributed by atoms with Crippen molar-refractivity contribution in [1.82, 2.24) is 4.90 Å². The zero-order valence-electron chi connectivity index (χ0n) is 14.0. The molecule has 2 aromatic rings. The second kappa shape index (κ2) is 7.99. The summed E-state index contributed by atoms with van der Waals surface area (Å²) in [4.78, 5) is 3.60. The van der Waals surface area contributed by atoms with Crippen molar-refractivity contribution < 1.29 is 8.42 Å². The molecule has 1 aliphatic rings. The number of piperidine rings is 1. The van der Waals surface area contributed by atoms with Crippen LogP contribution in [0.15, 0.2) is 58.3 Å². The van der Waals surface area contributed by atoms with Crippen molar-refractivity contribution >= 4 is 39.1 Å². The van der Waals surface area contributed by atoms with Gasteiger partial charge in [0.05, 0.1) is 5.02 Å². The molecule has 0 amide bonds. The summed E-state index contributed by atoms with van der Waals surface area (Å²) in [5.74, 6) is 0. The number of likely N-dealkylation sites (tertiary alicyclic amines) is 1. The maximum Gasteiger partial charge on any atom is 0.263 e. The molecule has 0 spiro atoms. The molecule has 0 aliphatic carbocycles. The summed E-state index contributed by atoms with van der Waals surface area (Å²) in [6.07, 6.45) is 2.37. The Hall–Kier alpha value is -1.21. The first-order valence-corrected chi connectivity index (χ1v) is 10.9. The number of anilines is 1. The zero-order chi connectivity index (χ0) is 17.9. The highest BCUT2D eigenvalue weighted by molar-refractivity contribution is 8.00. The lowest BCUT2D eigenvalue weighted by atomic mass is 10.1. The molecule has 0 radical (unpaired) electrons. The molecule has 3 rings (SSSR count). The van der Waals surface area contributed by atoms with Crippen molar-refractivity contribution in [3.8, 4) is 0 Å². The Morgan fingerprint density at radius 3 is 2.36 bits per heavy atom. The summed E-state index contributed by atoms with van der Waals surface area (Å²) < 4.78 is 27.5. The lowest BCUT2D eigenvalue weighted by molar-refractivity contribution is 0.282. The number of hydrogen-bond donors (Lipinski definition) is 1. The first-order valence-electron chi connectivity index (χ1n) is 8.17. The van der Waals surface area contributed by atoms with E-state index in [-0.39, 0.29) is 9.92 Å². The van der Waals surface area contributed by atoms with E-state index < -0.39 is 10.0 Å². The predicted octanol–water partition coefficient (Wildman–Crippen LogP) is 4.33. The van der Waals surface area contributed by atoms with E-state index in [0.717, 1.165) is 18.0 Å². The fourth-order valence-electron chi connectivity index (χ4n) is 2.77. The van der Waals surface area contributed by atoms with Crippen LogP contribution in [-0.4, -0.2) is 38.7 Å². The van der Waals surface area contributed by atoms with Crippen LogP contribution in [0.2, 0.25) is 5.02 Å². The number of benzene rings is 2. The van der Waals surface area contributed by atoms with Gasteiger partial charge in [-0.1, -0.05) is 23.7 Å². The van der Waals surface area contributed by atoms with E-state index in [1.165, 1.54) is 18.9 Å². The number of nitrogens with one attached hydrogen (secondary N) is 1. The molecule has 2 aromatic carbocycles. The zero-order valence-corrected chi connectivity index (χ0v) is 16.4. The van der Waals surface area contributed by atoms with Gasteiger partial charge < -0.3 is 4.90 Å². The minimum absolute atomic E-state index is 0.0847. The third-order valence-electron chi connectivity index (χ3n) is 4.20. The highest BCUT2D eigenvalue weighted by atomic mass is 35.5. The SMILES string of the molecule is CN1CCC(Sc2ccc(NS(=O)(=O)c3ccccc3Cl)cc2)CC1. The minimum atomic E-state index is -3.68. The molecule has 134 valence electrons. The third-order valence-corrected chi connectivity index (χ3v) is 7.43. The van der Waals surface area contributed by atoms with Gasteiger partial charge in [-0.25, -0.2) is 8.42 Å². The maximum atomic E-state index is 12.4. The van der Waals surface area contributed by atoms with Crippen molar-refractivity contribution in [1.29, 1.82) is 0 Å². The number of nitrogens with zero attached hydrogens (tertiary/aromatic N) is 1. The van der Waals surface area contributed by atoms with Gasteiger partial charge in [-0.3, -0.25) is 4.72 Å². The molecule has 0 bridgehead atoms. The first kappa shape index (κ1) is 18.6. The van der Waals surface area contributed by atoms with Gasteiger partial charge in [0.2, 0.25) is 0 Å². The number of rotatable bonds is 5. The summed E-state index contributed by atoms with van der Waals surface area (Å²) >= 11 is 7.86. The Morgan fingerprint density at radius 2 is 1.72 bits per heavy atom. The highest BCUT2D eigenvalue weighted by Crippen LogP contribution is 2.31. The van der Waals surface area contributed by atoms with Gasteiger partial charge >= 0.3 is 0 Å². The van der Waals surface area contributed by atoms with E-state index in [0.29, 0.717) is 10.9 Å². The van der Waals surface area contributed by atoms with Gasteiger partial charge in [-0.2, -0.15) is 0 Å². The van der Waals surface area contributed by atoms with Crippen LogP contribution in [0.25, 0.3) is 0 Å². The van der Waals surface area contributed by atoms with Crippen LogP contribution in [-0.2, 0) is 10.0 Å². The number of sulfonamides is 1. The summed E-state index contributed by atoms with van der Waals surface area (Å²) in [7, 11) is -1.53. The van der Waals surface area contributed by atoms with Crippen LogP contribution >= 0.6 is 23.4 Å². The maximum absolute atomic E-state index is 12.4. The van der Waals surface area contributed by atoms with Gasteiger partial charge in [0, 0.05) is 15.8 Å². The average Bonchev–Trinajstić information content (AvgIpc) is 2.59. The quantitative estimate of drug-likeness (QED) is 0.817. The Morgan fingerprint density at radius 1 is 1.08 bits per heavy atom. The molecule has 7 heteroatoms. The van der Waals surface area contributed by atoms with Gasteiger partial charge in [0.1, 0.15) is 4.90 Å². The van der Waals surface area contributed by atoms with Gasteiger partial charge in [-0.15, -0.1) is 11.8 Å². The second-order valence-electron chi connectivity index (χ2n) is 6.18. The molecule has 1 heterocycles. The number of thioether (sulfide) groups is 1. The Kier molecular flexibility index (Phi) is 5.94. The molecule has 1 fully saturated rings. The molecule has 0 saturated carbocycles. The van der Waals surface area contributed by atoms with Gasteiger partial charge in [-0.05, 0) is 69.4 Å². The molecule has 1 N–H and O–H groups in total. The molecular weight excluding hydrogens is 376 g/mol. The highest BCUT2D eigenvalue weighted by Gasteiger charge is 2.19. The first-order chi connectivity index (χ1) is 11.9. The summed E-state index contributed by atoms with van der Waals surface area (Å²) in [5, 5.41) is 0.839. The smallest absolute Gasteiger partial charge is 0.263 e. The van der Waals surface area contributed by atoms with Crippen molar-refractivity contribution in [3.05, 3.63) is 53.6 Å². The fraction of sp³-hybridized carbons (Fsp3) is 0.333. The fourth-order valence-corrected chi connectivity index (χ4v) is 5.47. The molecule has 1 saturated heterocycles. The topological polar surface area (TPSA) is 49.4 Å². The van der Waals surface area contributed by atoms with Crippen molar-refractivity contribution in [2.24, 2.45) is 0 Å². The van der Waals surface area contributed by atoms with Crippen LogP contribution in [0.1, 0.15) is 12.8 Å². The Balaban J connectivity index is 1.65. The molecule has 4 nitrogen and oxygen atoms in total. The predicted molar refractivity (Wildman–Crippen MR) is 105 cm³/mol. The standard InChI is InChI=1S/C18H21ClN2O2S2/c1-21-12-10-16(11-13-21)24-15-8-6-14(7-9-15)20-25(22,23)18-5-3-2-4-17(18)19/h2-9,16,20H,10-13H2,1H3. The molecule has 1 aliphatic heterocycles. The summed E-state index contributed by atoms with van der Waals surface area (Å²) in [6.45, 7) is 2.26. The molecule has 0 aromatic heterocycles. The van der Waals surface area contributed by atoms with Crippen LogP contribution in [0, 0.1) is 0 Å². The molecular formula is C18H21ClN2O2S2. The number of hydrogen-bond acceptors (Lipinski definition) is 4. The average molecular weight is 397 g/mol. The lowest BCUT2D eigenvalue weighted by Gasteiger charge is -2.28. The third kappa shape index (κ3) is 4.91. The monoisotopic (exact) mass is 396 g/mol. The van der Waals surface area contributed by atoms with E-state index in [2.05, 4.69) is 16.7 Å². The van der Waals surface area contributed by atoms with Crippen LogP contribution in [0.3, 0.4) is 0 Å². The van der Waals surface area contributed by atoms with Crippen LogP contribution in [0.4, 0.5) is 5.69 Å². The van der Waals surface area contributed by atoms with E-state index in [1.807, 2.05) is 23.9 Å². The minimum Gasteiger partial charge on any atom is -0.306 e. The van der Waals surface area contributed by atoms with E-state index in [1.54, 1.807) is 30.3 Å². The Bertz CT molecular complexity index is 817. The van der Waals surface area contributed by atoms with Crippen LogP contribution in [0.5, 0.6) is 0 Å². The van der Waals surface area contributed by atoms with E-state index in [4.69, 9.17) is 11.6 Å². The largest absolute Gasteiger partial charge is 0.306 e. The molecule has 25 heavy (non-hydrogen) atoms. The van der Waals surface area contributed by atoms with Gasteiger partial charge in [0.25, 0.3) is 10.0 Å². The second-order valence-corrected chi connectivity index (χ2v) is 9.61. The molecule has 0 atom stereocenters. The van der Waals surface area contributed by atoms with Crippen molar-refractivity contribution in [3.63, 3.8) is 0 Å². The van der Waals surface area contributed by atoms with E-state index in [9.17, 15) is 8.42 Å². The summed E-state index contributed by atoms with van der Waals surface area (Å²) in [6, 6.07) is 13.9. The van der Waals surface area contributed by atoms with Gasteiger partial charge in [0.15, 0.2) is 0 Å². The van der Waals surface area contributed by atoms with Crippen molar-refractivity contribution in [2.75, 3.05) is 24.9 Å². The normalized spacial score (nSPS) is 16.7. The number of halogens is 1. The molecule has 0 unspecified atom stereocenters. The van der Waals surface area contributed by atoms with Crippen LogP contribution < -0.4 is 4.72 Å². The lowest BCUT2D eigenvalue weighted by Crippen LogP contribution is -2.31. The summed E-state index contributed by atoms with van der Waals surface area (Å²) in [5.41, 5.74) is 0.535. The van der Waals surface area contributed by atoms with E-state index >= 15 is 0 Å². The van der Waals surface area contributed by atoms with Crippen molar-refractivity contribution in [2.45, 2.75) is 27.9 Å². The Labute approximate surface area is 158 Å².